The van der Waals surface area contributed by atoms with Gasteiger partial charge in [0.2, 0.25) is 0 Å². The number of unbranched alkanes of at least 4 members (excludes halogenated alkanes) is 26. The molecule has 1 atom stereocenters. The van der Waals surface area contributed by atoms with Gasteiger partial charge in [-0.05, 0) is 57.8 Å². The van der Waals surface area contributed by atoms with Gasteiger partial charge in [-0.2, -0.15) is 0 Å². The third kappa shape index (κ3) is 50.3. The normalized spacial score (nSPS) is 12.9. The highest BCUT2D eigenvalue weighted by atomic mass is 31.2. The molecule has 0 aromatic heterocycles. The highest BCUT2D eigenvalue weighted by Crippen LogP contribution is 2.36. The second-order valence-corrected chi connectivity index (χ2v) is 18.0. The van der Waals surface area contributed by atoms with E-state index in [1.807, 2.05) is 0 Å². The van der Waals surface area contributed by atoms with Crippen molar-refractivity contribution in [3.63, 3.8) is 0 Å². The first kappa shape index (κ1) is 58.8. The summed E-state index contributed by atoms with van der Waals surface area (Å²) in [6, 6.07) is 0. The molecule has 2 N–H and O–H groups in total. The molecule has 61 heavy (non-hydrogen) atoms. The molecule has 0 saturated carbocycles. The van der Waals surface area contributed by atoms with Crippen LogP contribution in [0.4, 0.5) is 0 Å². The number of rotatable bonds is 46. The van der Waals surface area contributed by atoms with E-state index in [-0.39, 0.29) is 19.4 Å². The molecule has 1 unspecified atom stereocenters. The van der Waals surface area contributed by atoms with Gasteiger partial charge in [-0.25, -0.2) is 4.57 Å². The molecule has 9 heteroatoms. The van der Waals surface area contributed by atoms with Crippen LogP contribution in [-0.2, 0) is 28.2 Å². The highest BCUT2D eigenvalue weighted by molar-refractivity contribution is 7.46. The van der Waals surface area contributed by atoms with Gasteiger partial charge in [0, 0.05) is 12.8 Å². The Kier molecular flexibility index (Phi) is 45.5. The number of hydrogen-bond acceptors (Lipinski definition) is 6. The average Bonchev–Trinajstić information content (AvgIpc) is 3.23. The van der Waals surface area contributed by atoms with E-state index in [1.165, 1.54) is 135 Å². The third-order valence-corrected chi connectivity index (χ3v) is 11.3. The van der Waals surface area contributed by atoms with Crippen molar-refractivity contribution >= 4 is 19.8 Å². The van der Waals surface area contributed by atoms with Crippen molar-refractivity contribution < 1.29 is 37.9 Å². The van der Waals surface area contributed by atoms with E-state index in [1.54, 1.807) is 0 Å². The Labute approximate surface area is 375 Å². The van der Waals surface area contributed by atoms with Crippen LogP contribution in [0.1, 0.15) is 239 Å². The van der Waals surface area contributed by atoms with E-state index in [2.05, 4.69) is 79.1 Å². The molecule has 0 aliphatic carbocycles. The van der Waals surface area contributed by atoms with E-state index in [0.717, 1.165) is 70.6 Å². The molecular formula is C52H93O8P. The number of carbonyl (C=O) groups excluding carboxylic acids is 2. The molecule has 0 aromatic rings. The largest absolute Gasteiger partial charge is 0.469 e. The lowest BCUT2D eigenvalue weighted by Gasteiger charge is -2.18. The Hall–Kier alpha value is -2.25. The maximum absolute atomic E-state index is 12.5. The summed E-state index contributed by atoms with van der Waals surface area (Å²) in [5, 5.41) is 0. The number of ether oxygens (including phenoxy) is 2. The van der Waals surface area contributed by atoms with E-state index < -0.39 is 32.5 Å². The number of hydrogen-bond donors (Lipinski definition) is 2. The first-order valence-corrected chi connectivity index (χ1v) is 26.6. The summed E-state index contributed by atoms with van der Waals surface area (Å²) in [5.41, 5.74) is 0. The minimum Gasteiger partial charge on any atom is -0.462 e. The van der Waals surface area contributed by atoms with Crippen LogP contribution in [0.5, 0.6) is 0 Å². The molecule has 0 rings (SSSR count). The van der Waals surface area contributed by atoms with E-state index in [4.69, 9.17) is 19.3 Å². The molecule has 0 heterocycles. The lowest BCUT2D eigenvalue weighted by Crippen LogP contribution is -2.29. The van der Waals surface area contributed by atoms with Gasteiger partial charge in [-0.1, -0.05) is 229 Å². The molecule has 354 valence electrons. The zero-order chi connectivity index (χ0) is 44.6. The first-order valence-electron chi connectivity index (χ1n) is 25.1. The summed E-state index contributed by atoms with van der Waals surface area (Å²) >= 11 is 0. The molecule has 0 aliphatic heterocycles. The van der Waals surface area contributed by atoms with Crippen molar-refractivity contribution in [1.29, 1.82) is 0 Å². The van der Waals surface area contributed by atoms with Crippen LogP contribution < -0.4 is 0 Å². The van der Waals surface area contributed by atoms with Crippen molar-refractivity contribution in [2.45, 2.75) is 245 Å². The first-order chi connectivity index (χ1) is 29.8. The summed E-state index contributed by atoms with van der Waals surface area (Å²) in [6.45, 7) is 3.58. The predicted molar refractivity (Wildman–Crippen MR) is 257 cm³/mol. The van der Waals surface area contributed by atoms with Gasteiger partial charge in [0.25, 0.3) is 0 Å². The fourth-order valence-electron chi connectivity index (χ4n) is 7.11. The van der Waals surface area contributed by atoms with Crippen LogP contribution in [0, 0.1) is 0 Å². The Morgan fingerprint density at radius 1 is 0.443 bits per heavy atom. The molecule has 0 fully saturated rings. The molecule has 0 aliphatic rings. The summed E-state index contributed by atoms with van der Waals surface area (Å²) < 4.78 is 26.5. The lowest BCUT2D eigenvalue weighted by molar-refractivity contribution is -0.161. The zero-order valence-electron chi connectivity index (χ0n) is 39.3. The van der Waals surface area contributed by atoms with Crippen LogP contribution in [0.15, 0.2) is 60.8 Å². The Balaban J connectivity index is 3.85. The van der Waals surface area contributed by atoms with Gasteiger partial charge in [0.05, 0.1) is 6.61 Å². The fraction of sp³-hybridized carbons (Fsp3) is 0.769. The monoisotopic (exact) mass is 877 g/mol. The zero-order valence-corrected chi connectivity index (χ0v) is 40.2. The number of phosphoric acid groups is 1. The van der Waals surface area contributed by atoms with Gasteiger partial charge < -0.3 is 19.3 Å². The lowest BCUT2D eigenvalue weighted by atomic mass is 10.0. The number of allylic oxidation sites excluding steroid dienone is 10. The van der Waals surface area contributed by atoms with E-state index in [0.29, 0.717) is 6.42 Å². The van der Waals surface area contributed by atoms with Crippen molar-refractivity contribution in [2.75, 3.05) is 13.2 Å². The van der Waals surface area contributed by atoms with Crippen LogP contribution in [-0.4, -0.2) is 41.0 Å². The van der Waals surface area contributed by atoms with Crippen molar-refractivity contribution in [1.82, 2.24) is 0 Å². The second-order valence-electron chi connectivity index (χ2n) is 16.8. The van der Waals surface area contributed by atoms with Gasteiger partial charge in [0.15, 0.2) is 6.10 Å². The Morgan fingerprint density at radius 2 is 0.787 bits per heavy atom. The van der Waals surface area contributed by atoms with Gasteiger partial charge in [-0.3, -0.25) is 14.1 Å². The van der Waals surface area contributed by atoms with Crippen LogP contribution >= 0.6 is 7.82 Å². The Morgan fingerprint density at radius 3 is 1.18 bits per heavy atom. The summed E-state index contributed by atoms with van der Waals surface area (Å²) in [7, 11) is -4.77. The standard InChI is InChI=1S/C52H93O8P/c1-3-5-7-9-11-13-15-17-19-21-23-24-25-26-27-29-30-32-34-36-38-40-42-44-46-51(53)58-48-50(49-59-61(55,56)57)60-52(54)47-45-43-41-39-37-35-33-31-28-22-20-18-16-14-12-10-8-6-4-2/h6,8,12,14,18,20,28,31,35,37,50H,3-5,7,9-11,13,15-17,19,21-27,29-30,32-34,36,38-49H2,1-2H3,(H2,55,56,57)/b8-6-,14-12-,20-18-,31-28-,37-35-. The molecule has 0 aromatic carbocycles. The smallest absolute Gasteiger partial charge is 0.462 e. The molecule has 8 nitrogen and oxygen atoms in total. The number of esters is 2. The van der Waals surface area contributed by atoms with Crippen molar-refractivity contribution in [3.05, 3.63) is 60.8 Å². The quantitative estimate of drug-likeness (QED) is 0.0269. The highest BCUT2D eigenvalue weighted by Gasteiger charge is 2.23. The van der Waals surface area contributed by atoms with Crippen LogP contribution in [0.3, 0.4) is 0 Å². The maximum Gasteiger partial charge on any atom is 0.469 e. The van der Waals surface area contributed by atoms with Crippen LogP contribution in [0.25, 0.3) is 0 Å². The summed E-state index contributed by atoms with van der Waals surface area (Å²) in [5.74, 6) is -0.915. The SMILES string of the molecule is CC/C=C\C/C=C\C/C=C\C/C=C\C/C=C\CCCCCC(=O)OC(COC(=O)CCCCCCCCCCCCCCCCCCCCCCCCCC)COP(=O)(O)O. The minimum absolute atomic E-state index is 0.172. The van der Waals surface area contributed by atoms with Crippen molar-refractivity contribution in [3.8, 4) is 0 Å². The summed E-state index contributed by atoms with van der Waals surface area (Å²) in [4.78, 5) is 43.1. The molecular weight excluding hydrogens is 784 g/mol. The van der Waals surface area contributed by atoms with E-state index >= 15 is 0 Å². The second kappa shape index (κ2) is 47.2. The topological polar surface area (TPSA) is 119 Å². The van der Waals surface area contributed by atoms with Crippen molar-refractivity contribution in [2.24, 2.45) is 0 Å². The van der Waals surface area contributed by atoms with Crippen LogP contribution in [0.2, 0.25) is 0 Å². The van der Waals surface area contributed by atoms with Gasteiger partial charge >= 0.3 is 19.8 Å². The molecule has 0 saturated heterocycles. The third-order valence-electron chi connectivity index (χ3n) is 10.8. The summed E-state index contributed by atoms with van der Waals surface area (Å²) in [6.07, 6.45) is 61.0. The maximum atomic E-state index is 12.5. The average molecular weight is 877 g/mol. The minimum atomic E-state index is -4.77. The predicted octanol–water partition coefficient (Wildman–Crippen LogP) is 16.0. The molecule has 0 radical (unpaired) electrons. The Bertz CT molecular complexity index is 1170. The molecule has 0 amide bonds. The van der Waals surface area contributed by atoms with Gasteiger partial charge in [0.1, 0.15) is 6.61 Å². The number of phosphoric ester groups is 1. The van der Waals surface area contributed by atoms with E-state index in [9.17, 15) is 14.2 Å². The van der Waals surface area contributed by atoms with Gasteiger partial charge in [-0.15, -0.1) is 0 Å². The molecule has 0 spiro atoms. The fourth-order valence-corrected chi connectivity index (χ4v) is 7.47. The molecule has 0 bridgehead atoms. The number of carbonyl (C=O) groups is 2.